The van der Waals surface area contributed by atoms with E-state index >= 15 is 0 Å². The molecule has 15 heavy (non-hydrogen) atoms. The molecule has 3 rings (SSSR count). The van der Waals surface area contributed by atoms with Gasteiger partial charge in [-0.3, -0.25) is 0 Å². The van der Waals surface area contributed by atoms with Crippen molar-refractivity contribution in [2.45, 2.75) is 0 Å². The molecule has 3 heterocycles. The summed E-state index contributed by atoms with van der Waals surface area (Å²) in [5, 5.41) is 4.30. The Morgan fingerprint density at radius 1 is 0.733 bits per heavy atom. The Labute approximate surface area is 103 Å². The molecule has 74 valence electrons. The monoisotopic (exact) mass is 296 g/mol. The predicted molar refractivity (Wildman–Crippen MR) is 70.0 cm³/mol. The Hall–Kier alpha value is -0.601. The van der Waals surface area contributed by atoms with Crippen molar-refractivity contribution in [3.8, 4) is 18.6 Å². The van der Waals surface area contributed by atoms with E-state index in [2.05, 4.69) is 47.2 Å². The Kier molecular flexibility index (Phi) is 2.63. The van der Waals surface area contributed by atoms with Crippen LogP contribution in [0.3, 0.4) is 0 Å². The van der Waals surface area contributed by atoms with Gasteiger partial charge >= 0.3 is 103 Å². The quantitative estimate of drug-likeness (QED) is 0.622. The van der Waals surface area contributed by atoms with Crippen LogP contribution in [0.25, 0.3) is 18.6 Å². The molecule has 0 unspecified atom stereocenters. The van der Waals surface area contributed by atoms with Crippen LogP contribution in [0.4, 0.5) is 0 Å². The second-order valence-electron chi connectivity index (χ2n) is 3.12. The van der Waals surface area contributed by atoms with Gasteiger partial charge in [0.05, 0.1) is 0 Å². The van der Waals surface area contributed by atoms with E-state index in [9.17, 15) is 0 Å². The summed E-state index contributed by atoms with van der Waals surface area (Å²) < 4.78 is 3.03. The fourth-order valence-corrected chi connectivity index (χ4v) is 5.54. The maximum absolute atomic E-state index is 2.28. The normalized spacial score (nSPS) is 10.7. The first kappa shape index (κ1) is 9.61. The summed E-state index contributed by atoms with van der Waals surface area (Å²) in [5.41, 5.74) is 0. The Bertz CT molecular complexity index is 483. The molecule has 0 radical (unpaired) electrons. The average Bonchev–Trinajstić information content (AvgIpc) is 3.02. The van der Waals surface area contributed by atoms with Crippen LogP contribution >= 0.6 is 22.7 Å². The average molecular weight is 295 g/mol. The molecule has 3 aromatic rings. The van der Waals surface area contributed by atoms with E-state index in [4.69, 9.17) is 0 Å². The molecule has 0 N–H and O–H groups in total. The van der Waals surface area contributed by atoms with Crippen molar-refractivity contribution in [1.29, 1.82) is 0 Å². The maximum atomic E-state index is 2.28. The summed E-state index contributed by atoms with van der Waals surface area (Å²) in [6, 6.07) is 13.2. The van der Waals surface area contributed by atoms with Crippen LogP contribution in [0.5, 0.6) is 0 Å². The van der Waals surface area contributed by atoms with Crippen LogP contribution in [-0.4, -0.2) is 14.5 Å². The summed E-state index contributed by atoms with van der Waals surface area (Å²) >= 11 is 4.17. The first-order valence-electron chi connectivity index (χ1n) is 4.61. The molecule has 0 atom stereocenters. The van der Waals surface area contributed by atoms with Crippen molar-refractivity contribution >= 4 is 37.2 Å². The molecule has 0 fully saturated rings. The molecule has 0 aliphatic heterocycles. The fourth-order valence-electron chi connectivity index (χ4n) is 1.44. The van der Waals surface area contributed by atoms with Gasteiger partial charge < -0.3 is 0 Å². The van der Waals surface area contributed by atoms with Gasteiger partial charge in [0.2, 0.25) is 0 Å². The van der Waals surface area contributed by atoms with Gasteiger partial charge in [0.1, 0.15) is 0 Å². The summed E-state index contributed by atoms with van der Waals surface area (Å²) in [4.78, 5) is 2.86. The molecular weight excluding hydrogens is 287 g/mol. The molecule has 0 saturated heterocycles. The molecule has 0 aliphatic carbocycles. The Morgan fingerprint density at radius 2 is 1.27 bits per heavy atom. The summed E-state index contributed by atoms with van der Waals surface area (Å²) in [5.74, 6) is 0. The van der Waals surface area contributed by atoms with Gasteiger partial charge in [-0.05, 0) is 0 Å². The molecule has 0 aromatic carbocycles. The second-order valence-corrected chi connectivity index (χ2v) is 7.29. The third-order valence-corrected chi connectivity index (χ3v) is 6.94. The SMILES string of the molecule is c1csc(-c2ccc(-c3cccs3)[se]2)c1. The zero-order valence-electron chi connectivity index (χ0n) is 7.84. The van der Waals surface area contributed by atoms with Crippen molar-refractivity contribution in [3.63, 3.8) is 0 Å². The minimum atomic E-state index is 0.496. The molecule has 0 saturated carbocycles. The van der Waals surface area contributed by atoms with E-state index in [0.717, 1.165) is 0 Å². The van der Waals surface area contributed by atoms with E-state index in [1.54, 1.807) is 0 Å². The van der Waals surface area contributed by atoms with Gasteiger partial charge in [-0.15, -0.1) is 0 Å². The van der Waals surface area contributed by atoms with Crippen LogP contribution in [0.1, 0.15) is 0 Å². The second kappa shape index (κ2) is 4.11. The van der Waals surface area contributed by atoms with Gasteiger partial charge in [-0.2, -0.15) is 0 Å². The van der Waals surface area contributed by atoms with E-state index in [0.29, 0.717) is 14.5 Å². The predicted octanol–water partition coefficient (Wildman–Crippen LogP) is 4.20. The summed E-state index contributed by atoms with van der Waals surface area (Å²) in [6.07, 6.45) is 0. The molecule has 0 amide bonds. The van der Waals surface area contributed by atoms with Crippen LogP contribution in [0.2, 0.25) is 0 Å². The first-order valence-corrected chi connectivity index (χ1v) is 8.08. The first-order chi connectivity index (χ1) is 7.43. The molecule has 0 nitrogen and oxygen atoms in total. The van der Waals surface area contributed by atoms with Crippen molar-refractivity contribution in [1.82, 2.24) is 0 Å². The van der Waals surface area contributed by atoms with E-state index in [-0.39, 0.29) is 0 Å². The molecular formula is C12H8S2Se. The van der Waals surface area contributed by atoms with E-state index < -0.39 is 0 Å². The van der Waals surface area contributed by atoms with Crippen molar-refractivity contribution in [2.75, 3.05) is 0 Å². The van der Waals surface area contributed by atoms with Crippen molar-refractivity contribution < 1.29 is 0 Å². The van der Waals surface area contributed by atoms with Gasteiger partial charge in [0, 0.05) is 0 Å². The van der Waals surface area contributed by atoms with Gasteiger partial charge in [0.25, 0.3) is 0 Å². The van der Waals surface area contributed by atoms with Crippen LogP contribution in [-0.2, 0) is 0 Å². The molecule has 0 spiro atoms. The number of rotatable bonds is 2. The van der Waals surface area contributed by atoms with Gasteiger partial charge in [-0.25, -0.2) is 0 Å². The van der Waals surface area contributed by atoms with Gasteiger partial charge in [0.15, 0.2) is 0 Å². The number of hydrogen-bond acceptors (Lipinski definition) is 2. The molecule has 0 bridgehead atoms. The zero-order valence-corrected chi connectivity index (χ0v) is 11.2. The fraction of sp³-hybridized carbons (Fsp3) is 0. The number of thiophene rings is 2. The van der Waals surface area contributed by atoms with Crippen LogP contribution < -0.4 is 0 Å². The van der Waals surface area contributed by atoms with Gasteiger partial charge in [-0.1, -0.05) is 0 Å². The van der Waals surface area contributed by atoms with E-state index in [1.807, 2.05) is 22.7 Å². The molecule has 0 aliphatic rings. The topological polar surface area (TPSA) is 0 Å². The standard InChI is InChI=1S/C12H8S2Se/c1-3-9(13-7-1)11-5-6-12(15-11)10-4-2-8-14-10/h1-8H. The summed E-state index contributed by atoms with van der Waals surface area (Å²) in [7, 11) is 0. The van der Waals surface area contributed by atoms with E-state index in [1.165, 1.54) is 18.6 Å². The molecule has 3 aromatic heterocycles. The Balaban J connectivity index is 2.02. The van der Waals surface area contributed by atoms with Crippen LogP contribution in [0, 0.1) is 0 Å². The van der Waals surface area contributed by atoms with Crippen molar-refractivity contribution in [2.24, 2.45) is 0 Å². The minimum absolute atomic E-state index is 0.496. The Morgan fingerprint density at radius 3 is 1.67 bits per heavy atom. The number of hydrogen-bond donors (Lipinski definition) is 0. The summed E-state index contributed by atoms with van der Waals surface area (Å²) in [6.45, 7) is 0. The third-order valence-electron chi connectivity index (χ3n) is 2.13. The van der Waals surface area contributed by atoms with Crippen molar-refractivity contribution in [3.05, 3.63) is 47.2 Å². The zero-order chi connectivity index (χ0) is 10.1. The molecule has 3 heteroatoms. The van der Waals surface area contributed by atoms with Crippen LogP contribution in [0.15, 0.2) is 47.2 Å². The third kappa shape index (κ3) is 1.88.